The van der Waals surface area contributed by atoms with Gasteiger partial charge in [-0.25, -0.2) is 0 Å². The Balaban J connectivity index is 1.60. The molecule has 3 fully saturated rings. The first-order valence-corrected chi connectivity index (χ1v) is 8.98. The largest absolute Gasteiger partial charge is 0.338 e. The number of aromatic nitrogens is 2. The number of carbonyl (C=O) groups is 2. The molecule has 2 bridgehead atoms. The van der Waals surface area contributed by atoms with Gasteiger partial charge in [-0.15, -0.1) is 0 Å². The quantitative estimate of drug-likeness (QED) is 0.860. The lowest BCUT2D eigenvalue weighted by molar-refractivity contribution is -0.139. The summed E-state index contributed by atoms with van der Waals surface area (Å²) in [7, 11) is 0. The Bertz CT molecular complexity index is 822. The average Bonchev–Trinajstić information content (AvgIpc) is 2.93. The van der Waals surface area contributed by atoms with E-state index in [1.807, 2.05) is 15.9 Å². The number of rotatable bonds is 3. The first-order chi connectivity index (χ1) is 12.2. The maximum Gasteiger partial charge on any atom is 0.254 e. The van der Waals surface area contributed by atoms with Crippen LogP contribution in [0.3, 0.4) is 0 Å². The number of carbonyl (C=O) groups excluding carboxylic acids is 2. The van der Waals surface area contributed by atoms with E-state index in [2.05, 4.69) is 16.9 Å². The molecule has 0 unspecified atom stereocenters. The third kappa shape index (κ3) is 2.86. The molecular formula is C19H22N4O2. The molecule has 2 aromatic rings. The van der Waals surface area contributed by atoms with Gasteiger partial charge in [0.15, 0.2) is 0 Å². The summed E-state index contributed by atoms with van der Waals surface area (Å²) < 4.78 is 0. The molecule has 25 heavy (non-hydrogen) atoms. The lowest BCUT2D eigenvalue weighted by Gasteiger charge is -2.35. The molecule has 6 nitrogen and oxygen atoms in total. The van der Waals surface area contributed by atoms with Crippen LogP contribution in [0.15, 0.2) is 30.6 Å². The minimum Gasteiger partial charge on any atom is -0.338 e. The molecule has 0 aliphatic carbocycles. The number of amides is 2. The lowest BCUT2D eigenvalue weighted by atomic mass is 9.94. The predicted octanol–water partition coefficient (Wildman–Crippen LogP) is 2.10. The van der Waals surface area contributed by atoms with Crippen LogP contribution in [0.1, 0.15) is 36.5 Å². The van der Waals surface area contributed by atoms with Gasteiger partial charge in [-0.2, -0.15) is 0 Å². The van der Waals surface area contributed by atoms with Gasteiger partial charge in [0.1, 0.15) is 0 Å². The van der Waals surface area contributed by atoms with Crippen LogP contribution in [0.5, 0.6) is 0 Å². The van der Waals surface area contributed by atoms with Gasteiger partial charge in [0.25, 0.3) is 5.91 Å². The average molecular weight is 338 g/mol. The molecule has 0 saturated carbocycles. The van der Waals surface area contributed by atoms with Crippen molar-refractivity contribution in [2.45, 2.75) is 32.2 Å². The van der Waals surface area contributed by atoms with Crippen molar-refractivity contribution in [3.63, 3.8) is 0 Å². The van der Waals surface area contributed by atoms with Crippen molar-refractivity contribution >= 4 is 22.8 Å². The van der Waals surface area contributed by atoms with E-state index in [0.29, 0.717) is 18.7 Å². The third-order valence-corrected chi connectivity index (χ3v) is 5.26. The lowest BCUT2D eigenvalue weighted by Crippen LogP contribution is -2.48. The van der Waals surface area contributed by atoms with Gasteiger partial charge in [-0.1, -0.05) is 6.92 Å². The highest BCUT2D eigenvalue weighted by molar-refractivity contribution is 5.97. The van der Waals surface area contributed by atoms with E-state index in [4.69, 9.17) is 0 Å². The number of nitrogens with zero attached hydrogens (tertiary/aromatic N) is 4. The maximum atomic E-state index is 13.0. The maximum absolute atomic E-state index is 13.0. The number of hydrogen-bond donors (Lipinski definition) is 0. The van der Waals surface area contributed by atoms with E-state index in [1.165, 1.54) is 0 Å². The van der Waals surface area contributed by atoms with Crippen molar-refractivity contribution < 1.29 is 9.59 Å². The molecule has 130 valence electrons. The molecule has 6 heteroatoms. The fourth-order valence-electron chi connectivity index (χ4n) is 4.02. The zero-order valence-electron chi connectivity index (χ0n) is 14.4. The molecule has 0 radical (unpaired) electrons. The Morgan fingerprint density at radius 2 is 1.96 bits per heavy atom. The second-order valence-corrected chi connectivity index (χ2v) is 6.93. The Kier molecular flexibility index (Phi) is 4.11. The van der Waals surface area contributed by atoms with E-state index >= 15 is 0 Å². The highest BCUT2D eigenvalue weighted by Gasteiger charge is 2.41. The summed E-state index contributed by atoms with van der Waals surface area (Å²) >= 11 is 0. The van der Waals surface area contributed by atoms with Crippen molar-refractivity contribution in [2.24, 2.45) is 5.92 Å². The number of benzene rings is 1. The van der Waals surface area contributed by atoms with Gasteiger partial charge in [0.2, 0.25) is 5.91 Å². The summed E-state index contributed by atoms with van der Waals surface area (Å²) in [6.45, 7) is 4.02. The molecule has 1 aromatic carbocycles. The SMILES string of the molecule is CCCN1C(=O)[C@H]2CC[C@@H]1CN(C(=O)c1ccc3nccnc3c1)C2. The molecule has 4 heterocycles. The highest BCUT2D eigenvalue weighted by Crippen LogP contribution is 2.30. The minimum atomic E-state index is -0.0606. The number of fused-ring (bicyclic) bond motifs is 5. The fourth-order valence-corrected chi connectivity index (χ4v) is 4.02. The summed E-state index contributed by atoms with van der Waals surface area (Å²) in [4.78, 5) is 38.1. The first-order valence-electron chi connectivity index (χ1n) is 8.98. The molecule has 1 aromatic heterocycles. The predicted molar refractivity (Wildman–Crippen MR) is 94.0 cm³/mol. The van der Waals surface area contributed by atoms with Crippen LogP contribution < -0.4 is 0 Å². The topological polar surface area (TPSA) is 66.4 Å². The van der Waals surface area contributed by atoms with Crippen LogP contribution >= 0.6 is 0 Å². The summed E-state index contributed by atoms with van der Waals surface area (Å²) in [5.74, 6) is 0.142. The molecule has 0 N–H and O–H groups in total. The molecule has 3 aliphatic heterocycles. The van der Waals surface area contributed by atoms with Gasteiger partial charge in [0.05, 0.1) is 17.0 Å². The zero-order chi connectivity index (χ0) is 17.4. The Morgan fingerprint density at radius 3 is 2.76 bits per heavy atom. The minimum absolute atomic E-state index is 0.0180. The Labute approximate surface area is 146 Å². The number of hydrogen-bond acceptors (Lipinski definition) is 4. The monoisotopic (exact) mass is 338 g/mol. The Morgan fingerprint density at radius 1 is 1.16 bits per heavy atom. The van der Waals surface area contributed by atoms with Crippen LogP contribution in [-0.2, 0) is 4.79 Å². The summed E-state index contributed by atoms with van der Waals surface area (Å²) in [6, 6.07) is 5.58. The van der Waals surface area contributed by atoms with Crippen LogP contribution in [0, 0.1) is 5.92 Å². The molecular weight excluding hydrogens is 316 g/mol. The van der Waals surface area contributed by atoms with E-state index in [9.17, 15) is 9.59 Å². The third-order valence-electron chi connectivity index (χ3n) is 5.26. The van der Waals surface area contributed by atoms with Gasteiger partial charge >= 0.3 is 0 Å². The first kappa shape index (κ1) is 16.0. The summed E-state index contributed by atoms with van der Waals surface area (Å²) in [5, 5.41) is 0. The second-order valence-electron chi connectivity index (χ2n) is 6.93. The van der Waals surface area contributed by atoms with Gasteiger partial charge in [0, 0.05) is 43.6 Å². The van der Waals surface area contributed by atoms with Crippen LogP contribution in [0.25, 0.3) is 11.0 Å². The molecule has 3 aliphatic rings. The van der Waals surface area contributed by atoms with Crippen molar-refractivity contribution in [3.05, 3.63) is 36.2 Å². The zero-order valence-corrected chi connectivity index (χ0v) is 14.4. The summed E-state index contributed by atoms with van der Waals surface area (Å²) in [5.41, 5.74) is 2.11. The molecule has 0 spiro atoms. The molecule has 5 rings (SSSR count). The van der Waals surface area contributed by atoms with Gasteiger partial charge in [-0.05, 0) is 37.5 Å². The molecule has 2 amide bonds. The standard InChI is InChI=1S/C19H22N4O2/c1-2-9-23-15-5-3-14(19(23)25)11-22(12-15)18(24)13-4-6-16-17(10-13)21-8-7-20-16/h4,6-8,10,14-15H,2-3,5,9,11-12H2,1H3/t14-,15+/m0/s1. The molecule has 2 atom stereocenters. The van der Waals surface area contributed by atoms with Crippen molar-refractivity contribution in [2.75, 3.05) is 19.6 Å². The van der Waals surface area contributed by atoms with Crippen LogP contribution in [0.2, 0.25) is 0 Å². The van der Waals surface area contributed by atoms with Crippen molar-refractivity contribution in [1.29, 1.82) is 0 Å². The number of piperidine rings is 1. The van der Waals surface area contributed by atoms with Crippen LogP contribution in [-0.4, -0.2) is 57.3 Å². The smallest absolute Gasteiger partial charge is 0.254 e. The Hall–Kier alpha value is -2.50. The van der Waals surface area contributed by atoms with E-state index < -0.39 is 0 Å². The van der Waals surface area contributed by atoms with E-state index in [0.717, 1.165) is 36.8 Å². The summed E-state index contributed by atoms with van der Waals surface area (Å²) in [6.07, 6.45) is 6.10. The normalized spacial score (nSPS) is 23.2. The van der Waals surface area contributed by atoms with E-state index in [1.54, 1.807) is 24.5 Å². The highest BCUT2D eigenvalue weighted by atomic mass is 16.2. The molecule has 3 saturated heterocycles. The van der Waals surface area contributed by atoms with Crippen molar-refractivity contribution in [3.8, 4) is 0 Å². The van der Waals surface area contributed by atoms with E-state index in [-0.39, 0.29) is 23.8 Å². The van der Waals surface area contributed by atoms with Gasteiger partial charge in [-0.3, -0.25) is 19.6 Å². The van der Waals surface area contributed by atoms with Gasteiger partial charge < -0.3 is 9.80 Å². The van der Waals surface area contributed by atoms with Crippen LogP contribution in [0.4, 0.5) is 0 Å². The second kappa shape index (κ2) is 6.43. The fraction of sp³-hybridized carbons (Fsp3) is 0.474. The van der Waals surface area contributed by atoms with Crippen molar-refractivity contribution in [1.82, 2.24) is 19.8 Å².